The Morgan fingerprint density at radius 2 is 1.85 bits per heavy atom. The highest BCUT2D eigenvalue weighted by Crippen LogP contribution is 2.15. The first kappa shape index (κ1) is 15.4. The molecule has 1 aliphatic heterocycles. The molecule has 0 aliphatic carbocycles. The van der Waals surface area contributed by atoms with Crippen LogP contribution in [0.15, 0.2) is 30.3 Å². The fourth-order valence-electron chi connectivity index (χ4n) is 2.60. The van der Waals surface area contributed by atoms with Gasteiger partial charge >= 0.3 is 0 Å². The van der Waals surface area contributed by atoms with Gasteiger partial charge in [-0.2, -0.15) is 8.42 Å². The zero-order valence-corrected chi connectivity index (χ0v) is 12.7. The van der Waals surface area contributed by atoms with Gasteiger partial charge in [0.05, 0.1) is 0 Å². The molecule has 0 bridgehead atoms. The minimum Gasteiger partial charge on any atom is -0.299 e. The van der Waals surface area contributed by atoms with E-state index >= 15 is 0 Å². The lowest BCUT2D eigenvalue weighted by atomic mass is 10.1. The van der Waals surface area contributed by atoms with Crippen LogP contribution >= 0.6 is 0 Å². The van der Waals surface area contributed by atoms with Crippen LogP contribution in [-0.2, 0) is 16.6 Å². The molecule has 0 radical (unpaired) electrons. The highest BCUT2D eigenvalue weighted by Gasteiger charge is 2.23. The standard InChI is InChI=1S/C14H23N3O2S/c1-15-20(18,19)16-12-14(17-9-5-6-10-17)11-13-7-3-2-4-8-13/h2-4,7-8,14-16H,5-6,9-12H2,1H3. The third kappa shape index (κ3) is 4.56. The second-order valence-corrected chi connectivity index (χ2v) is 6.85. The van der Waals surface area contributed by atoms with Gasteiger partial charge in [0.15, 0.2) is 0 Å². The molecule has 1 fully saturated rings. The second kappa shape index (κ2) is 7.17. The van der Waals surface area contributed by atoms with Gasteiger partial charge in [0.1, 0.15) is 0 Å². The predicted octanol–water partition coefficient (Wildman–Crippen LogP) is 0.747. The van der Waals surface area contributed by atoms with E-state index in [0.717, 1.165) is 19.5 Å². The van der Waals surface area contributed by atoms with Crippen LogP contribution in [0.25, 0.3) is 0 Å². The summed E-state index contributed by atoms with van der Waals surface area (Å²) in [4.78, 5) is 2.38. The number of hydrogen-bond acceptors (Lipinski definition) is 3. The average Bonchev–Trinajstić information content (AvgIpc) is 2.98. The molecule has 0 amide bonds. The van der Waals surface area contributed by atoms with Crippen molar-refractivity contribution >= 4 is 10.2 Å². The molecule has 6 heteroatoms. The molecule has 1 aromatic carbocycles. The molecule has 2 N–H and O–H groups in total. The Balaban J connectivity index is 2.01. The van der Waals surface area contributed by atoms with Gasteiger partial charge in [-0.3, -0.25) is 4.90 Å². The maximum absolute atomic E-state index is 11.5. The highest BCUT2D eigenvalue weighted by atomic mass is 32.2. The Hall–Kier alpha value is -0.950. The van der Waals surface area contributed by atoms with Crippen molar-refractivity contribution in [2.24, 2.45) is 0 Å². The van der Waals surface area contributed by atoms with Gasteiger partial charge in [0.25, 0.3) is 10.2 Å². The van der Waals surface area contributed by atoms with Crippen molar-refractivity contribution in [2.75, 3.05) is 26.7 Å². The summed E-state index contributed by atoms with van der Waals surface area (Å²) in [7, 11) is -1.94. The molecule has 0 saturated carbocycles. The zero-order chi connectivity index (χ0) is 14.4. The van der Waals surface area contributed by atoms with Gasteiger partial charge < -0.3 is 0 Å². The summed E-state index contributed by atoms with van der Waals surface area (Å²) >= 11 is 0. The quantitative estimate of drug-likeness (QED) is 0.780. The van der Waals surface area contributed by atoms with Crippen molar-refractivity contribution in [3.63, 3.8) is 0 Å². The third-order valence-corrected chi connectivity index (χ3v) is 4.83. The topological polar surface area (TPSA) is 61.4 Å². The van der Waals surface area contributed by atoms with Crippen LogP contribution in [0.2, 0.25) is 0 Å². The maximum atomic E-state index is 11.5. The number of nitrogens with zero attached hydrogens (tertiary/aromatic N) is 1. The first-order valence-corrected chi connectivity index (χ1v) is 8.55. The average molecular weight is 297 g/mol. The number of benzene rings is 1. The second-order valence-electron chi connectivity index (χ2n) is 5.14. The highest BCUT2D eigenvalue weighted by molar-refractivity contribution is 7.87. The van der Waals surface area contributed by atoms with Crippen molar-refractivity contribution in [3.8, 4) is 0 Å². The van der Waals surface area contributed by atoms with Gasteiger partial charge in [-0.05, 0) is 37.9 Å². The monoisotopic (exact) mass is 297 g/mol. The summed E-state index contributed by atoms with van der Waals surface area (Å²) in [6.45, 7) is 2.55. The first-order chi connectivity index (χ1) is 9.61. The van der Waals surface area contributed by atoms with E-state index in [4.69, 9.17) is 0 Å². The summed E-state index contributed by atoms with van der Waals surface area (Å²) in [5.41, 5.74) is 1.24. The molecule has 1 heterocycles. The van der Waals surface area contributed by atoms with E-state index in [9.17, 15) is 8.42 Å². The first-order valence-electron chi connectivity index (χ1n) is 7.07. The van der Waals surface area contributed by atoms with Crippen LogP contribution in [0.1, 0.15) is 18.4 Å². The molecule has 20 heavy (non-hydrogen) atoms. The number of nitrogens with one attached hydrogen (secondary N) is 2. The molecule has 112 valence electrons. The number of rotatable bonds is 7. The molecule has 1 saturated heterocycles. The summed E-state index contributed by atoms with van der Waals surface area (Å²) < 4.78 is 28.0. The van der Waals surface area contributed by atoms with Gasteiger partial charge in [0, 0.05) is 19.6 Å². The summed E-state index contributed by atoms with van der Waals surface area (Å²) in [5, 5.41) is 0. The van der Waals surface area contributed by atoms with Crippen LogP contribution in [-0.4, -0.2) is 46.0 Å². The molecule has 1 atom stereocenters. The van der Waals surface area contributed by atoms with Crippen molar-refractivity contribution in [3.05, 3.63) is 35.9 Å². The van der Waals surface area contributed by atoms with E-state index in [-0.39, 0.29) is 6.04 Å². The fraction of sp³-hybridized carbons (Fsp3) is 0.571. The Labute approximate surface area is 121 Å². The van der Waals surface area contributed by atoms with Gasteiger partial charge in [-0.25, -0.2) is 9.44 Å². The van der Waals surface area contributed by atoms with Crippen molar-refractivity contribution in [1.29, 1.82) is 0 Å². The Morgan fingerprint density at radius 3 is 2.45 bits per heavy atom. The minimum atomic E-state index is -3.36. The Bertz CT molecular complexity index is 498. The predicted molar refractivity (Wildman–Crippen MR) is 80.7 cm³/mol. The van der Waals surface area contributed by atoms with Crippen molar-refractivity contribution in [2.45, 2.75) is 25.3 Å². The summed E-state index contributed by atoms with van der Waals surface area (Å²) in [5.74, 6) is 0. The molecule has 0 aromatic heterocycles. The zero-order valence-electron chi connectivity index (χ0n) is 11.9. The van der Waals surface area contributed by atoms with Crippen LogP contribution in [0, 0.1) is 0 Å². The Morgan fingerprint density at radius 1 is 1.20 bits per heavy atom. The maximum Gasteiger partial charge on any atom is 0.276 e. The molecule has 5 nitrogen and oxygen atoms in total. The fourth-order valence-corrected chi connectivity index (χ4v) is 3.16. The largest absolute Gasteiger partial charge is 0.299 e. The molecule has 2 rings (SSSR count). The smallest absolute Gasteiger partial charge is 0.276 e. The van der Waals surface area contributed by atoms with E-state index in [1.165, 1.54) is 25.5 Å². The molecule has 1 unspecified atom stereocenters. The lowest BCUT2D eigenvalue weighted by Gasteiger charge is -2.27. The van der Waals surface area contributed by atoms with E-state index in [1.54, 1.807) is 0 Å². The van der Waals surface area contributed by atoms with Gasteiger partial charge in [-0.1, -0.05) is 30.3 Å². The normalized spacial score (nSPS) is 18.2. The van der Waals surface area contributed by atoms with Crippen molar-refractivity contribution < 1.29 is 8.42 Å². The van der Waals surface area contributed by atoms with Gasteiger partial charge in [-0.15, -0.1) is 0 Å². The van der Waals surface area contributed by atoms with E-state index < -0.39 is 10.2 Å². The van der Waals surface area contributed by atoms with Crippen molar-refractivity contribution in [1.82, 2.24) is 14.3 Å². The minimum absolute atomic E-state index is 0.211. The van der Waals surface area contributed by atoms with Gasteiger partial charge in [0.2, 0.25) is 0 Å². The van der Waals surface area contributed by atoms with Crippen LogP contribution in [0.3, 0.4) is 0 Å². The van der Waals surface area contributed by atoms with Crippen LogP contribution in [0.5, 0.6) is 0 Å². The summed E-state index contributed by atoms with van der Waals surface area (Å²) in [6.07, 6.45) is 3.27. The lowest BCUT2D eigenvalue weighted by molar-refractivity contribution is 0.241. The van der Waals surface area contributed by atoms with E-state index in [0.29, 0.717) is 6.54 Å². The molecule has 1 aromatic rings. The molecule has 1 aliphatic rings. The number of hydrogen-bond donors (Lipinski definition) is 2. The summed E-state index contributed by atoms with van der Waals surface area (Å²) in [6, 6.07) is 10.4. The SMILES string of the molecule is CNS(=O)(=O)NCC(Cc1ccccc1)N1CCCC1. The van der Waals surface area contributed by atoms with Crippen LogP contribution in [0.4, 0.5) is 0 Å². The van der Waals surface area contributed by atoms with E-state index in [2.05, 4.69) is 26.5 Å². The third-order valence-electron chi connectivity index (χ3n) is 3.75. The molecular formula is C14H23N3O2S. The number of likely N-dealkylation sites (tertiary alicyclic amines) is 1. The van der Waals surface area contributed by atoms with Crippen LogP contribution < -0.4 is 9.44 Å². The lowest BCUT2D eigenvalue weighted by Crippen LogP contribution is -2.46. The molecule has 0 spiro atoms. The Kier molecular flexibility index (Phi) is 5.54. The van der Waals surface area contributed by atoms with E-state index in [1.807, 2.05) is 18.2 Å². The molecular weight excluding hydrogens is 274 g/mol.